The van der Waals surface area contributed by atoms with E-state index in [1.807, 2.05) is 43.3 Å². The highest BCUT2D eigenvalue weighted by Crippen LogP contribution is 2.38. The van der Waals surface area contributed by atoms with E-state index in [0.717, 1.165) is 54.8 Å². The Balaban J connectivity index is 1.39. The van der Waals surface area contributed by atoms with Crippen molar-refractivity contribution in [3.8, 4) is 22.4 Å². The number of fused-ring (bicyclic) bond motifs is 2. The third-order valence-electron chi connectivity index (χ3n) is 8.28. The molecule has 1 aliphatic rings. The Kier molecular flexibility index (Phi) is 6.92. The van der Waals surface area contributed by atoms with Gasteiger partial charge in [0.15, 0.2) is 5.65 Å². The highest BCUT2D eigenvalue weighted by molar-refractivity contribution is 5.99. The molecule has 0 spiro atoms. The minimum Gasteiger partial charge on any atom is -0.424 e. The number of nitrogens with two attached hydrogens (primary N) is 1. The van der Waals surface area contributed by atoms with Crippen LogP contribution in [0.1, 0.15) is 24.3 Å². The third kappa shape index (κ3) is 4.94. The van der Waals surface area contributed by atoms with Crippen molar-refractivity contribution in [2.45, 2.75) is 19.5 Å². The largest absolute Gasteiger partial charge is 0.424 e. The molecule has 7 rings (SSSR count). The van der Waals surface area contributed by atoms with Crippen LogP contribution in [0, 0.1) is 0 Å². The first-order chi connectivity index (χ1) is 21.0. The molecule has 1 unspecified atom stereocenters. The number of anilines is 1. The predicted octanol–water partition coefficient (Wildman–Crippen LogP) is 4.60. The van der Waals surface area contributed by atoms with Gasteiger partial charge in [0.1, 0.15) is 29.6 Å². The van der Waals surface area contributed by atoms with E-state index in [9.17, 15) is 4.79 Å². The van der Waals surface area contributed by atoms with E-state index in [4.69, 9.17) is 15.2 Å². The highest BCUT2D eigenvalue weighted by Gasteiger charge is 2.27. The molecule has 2 N–H and O–H groups in total. The van der Waals surface area contributed by atoms with E-state index in [1.54, 1.807) is 17.1 Å². The van der Waals surface area contributed by atoms with Crippen LogP contribution < -0.4 is 11.4 Å². The summed E-state index contributed by atoms with van der Waals surface area (Å²) in [6, 6.07) is 19.4. The summed E-state index contributed by atoms with van der Waals surface area (Å²) in [5.41, 5.74) is 11.0. The minimum absolute atomic E-state index is 0.319. The Morgan fingerprint density at radius 1 is 0.953 bits per heavy atom. The standard InChI is InChI=1S/C33H32N8O2/c1-21(41-32-28(31(34)36-20-37-32)29(38-41)24-9-6-12-35-18-24)30-27(25-10-3-4-11-26(25)33(42)43-30)23-8-5-7-22(17-23)19-40-15-13-39(2)14-16-40/h3-12,17-18,20-21H,13-16,19H2,1-2H3,(H2,34,36,37). The van der Waals surface area contributed by atoms with Crippen molar-refractivity contribution >= 4 is 27.6 Å². The molecule has 10 nitrogen and oxygen atoms in total. The zero-order valence-corrected chi connectivity index (χ0v) is 24.1. The molecule has 0 amide bonds. The summed E-state index contributed by atoms with van der Waals surface area (Å²) in [6.07, 6.45) is 4.87. The van der Waals surface area contributed by atoms with Crippen LogP contribution >= 0.6 is 0 Å². The Hall–Kier alpha value is -4.93. The van der Waals surface area contributed by atoms with Crippen LogP contribution in [0.3, 0.4) is 0 Å². The van der Waals surface area contributed by atoms with Crippen molar-refractivity contribution in [3.63, 3.8) is 0 Å². The molecule has 6 aromatic rings. The second-order valence-electron chi connectivity index (χ2n) is 11.1. The quantitative estimate of drug-likeness (QED) is 0.305. The van der Waals surface area contributed by atoms with Gasteiger partial charge in [0.2, 0.25) is 0 Å². The Morgan fingerprint density at radius 2 is 1.74 bits per heavy atom. The van der Waals surface area contributed by atoms with Crippen LogP contribution in [0.15, 0.2) is 88.6 Å². The van der Waals surface area contributed by atoms with E-state index in [-0.39, 0.29) is 0 Å². The van der Waals surface area contributed by atoms with Gasteiger partial charge in [-0.15, -0.1) is 0 Å². The van der Waals surface area contributed by atoms with E-state index < -0.39 is 11.7 Å². The molecule has 43 heavy (non-hydrogen) atoms. The van der Waals surface area contributed by atoms with Crippen molar-refractivity contribution in [2.75, 3.05) is 39.0 Å². The molecule has 2 aromatic carbocycles. The number of likely N-dealkylation sites (N-methyl/N-ethyl adjacent to an activating group) is 1. The SMILES string of the molecule is CC(c1oc(=O)c2ccccc2c1-c1cccc(CN2CCN(C)CC2)c1)n1nc(-c2cccnc2)c2c(N)ncnc21. The summed E-state index contributed by atoms with van der Waals surface area (Å²) in [5, 5.41) is 6.95. The molecular weight excluding hydrogens is 540 g/mol. The van der Waals surface area contributed by atoms with Gasteiger partial charge in [-0.2, -0.15) is 5.10 Å². The molecule has 216 valence electrons. The molecule has 0 aliphatic carbocycles. The number of hydrogen-bond acceptors (Lipinski definition) is 9. The van der Waals surface area contributed by atoms with Crippen molar-refractivity contribution in [1.29, 1.82) is 0 Å². The topological polar surface area (TPSA) is 119 Å². The van der Waals surface area contributed by atoms with E-state index >= 15 is 0 Å². The molecule has 0 radical (unpaired) electrons. The zero-order valence-electron chi connectivity index (χ0n) is 24.1. The van der Waals surface area contributed by atoms with Crippen molar-refractivity contribution in [3.05, 3.63) is 101 Å². The van der Waals surface area contributed by atoms with Gasteiger partial charge in [-0.05, 0) is 49.4 Å². The summed E-state index contributed by atoms with van der Waals surface area (Å²) >= 11 is 0. The summed E-state index contributed by atoms with van der Waals surface area (Å²) in [5.74, 6) is 0.818. The average Bonchev–Trinajstić information content (AvgIpc) is 3.43. The second-order valence-corrected chi connectivity index (χ2v) is 11.1. The number of nitrogens with zero attached hydrogens (tertiary/aromatic N) is 7. The van der Waals surface area contributed by atoms with Gasteiger partial charge in [0, 0.05) is 61.6 Å². The van der Waals surface area contributed by atoms with Gasteiger partial charge in [-0.3, -0.25) is 9.88 Å². The second kappa shape index (κ2) is 11.0. The van der Waals surface area contributed by atoms with Crippen LogP contribution in [0.5, 0.6) is 0 Å². The Morgan fingerprint density at radius 3 is 2.53 bits per heavy atom. The van der Waals surface area contributed by atoms with Gasteiger partial charge < -0.3 is 15.1 Å². The number of pyridine rings is 1. The summed E-state index contributed by atoms with van der Waals surface area (Å²) in [7, 11) is 2.16. The number of aromatic nitrogens is 5. The van der Waals surface area contributed by atoms with Crippen molar-refractivity contribution in [2.24, 2.45) is 0 Å². The Labute approximate surface area is 248 Å². The molecule has 0 saturated carbocycles. The van der Waals surface area contributed by atoms with E-state index in [2.05, 4.69) is 56.1 Å². The van der Waals surface area contributed by atoms with E-state index in [0.29, 0.717) is 33.7 Å². The normalized spacial score (nSPS) is 15.3. The van der Waals surface area contributed by atoms with Gasteiger partial charge in [-0.25, -0.2) is 19.4 Å². The Bertz CT molecular complexity index is 1990. The van der Waals surface area contributed by atoms with Crippen molar-refractivity contribution in [1.82, 2.24) is 34.5 Å². The summed E-state index contributed by atoms with van der Waals surface area (Å²) in [6.45, 7) is 7.00. The zero-order chi connectivity index (χ0) is 29.5. The van der Waals surface area contributed by atoms with Gasteiger partial charge >= 0.3 is 5.63 Å². The number of benzene rings is 2. The fraction of sp³-hybridized carbons (Fsp3) is 0.242. The first-order valence-corrected chi connectivity index (χ1v) is 14.4. The monoisotopic (exact) mass is 572 g/mol. The lowest BCUT2D eigenvalue weighted by molar-refractivity contribution is 0.148. The van der Waals surface area contributed by atoms with Crippen LogP contribution in [0.2, 0.25) is 0 Å². The molecule has 0 bridgehead atoms. The first-order valence-electron chi connectivity index (χ1n) is 14.4. The molecule has 10 heteroatoms. The summed E-state index contributed by atoms with van der Waals surface area (Å²) in [4.78, 5) is 31.3. The molecular formula is C33H32N8O2. The predicted molar refractivity (Wildman–Crippen MR) is 167 cm³/mol. The van der Waals surface area contributed by atoms with Gasteiger partial charge in [0.05, 0.1) is 10.8 Å². The molecule has 1 atom stereocenters. The molecule has 4 aromatic heterocycles. The maximum atomic E-state index is 13.4. The fourth-order valence-electron chi connectivity index (χ4n) is 5.98. The van der Waals surface area contributed by atoms with Crippen LogP contribution in [-0.4, -0.2) is 67.8 Å². The summed E-state index contributed by atoms with van der Waals surface area (Å²) < 4.78 is 7.93. The number of nitrogen functional groups attached to an aromatic ring is 1. The smallest absolute Gasteiger partial charge is 0.343 e. The average molecular weight is 573 g/mol. The van der Waals surface area contributed by atoms with Crippen LogP contribution in [-0.2, 0) is 6.54 Å². The molecule has 1 fully saturated rings. The number of rotatable bonds is 6. The first kappa shape index (κ1) is 26.9. The molecule has 5 heterocycles. The van der Waals surface area contributed by atoms with Crippen LogP contribution in [0.4, 0.5) is 5.82 Å². The lowest BCUT2D eigenvalue weighted by atomic mass is 9.94. The lowest BCUT2D eigenvalue weighted by Crippen LogP contribution is -2.43. The van der Waals surface area contributed by atoms with Crippen LogP contribution in [0.25, 0.3) is 44.2 Å². The van der Waals surface area contributed by atoms with Gasteiger partial charge in [0.25, 0.3) is 0 Å². The molecule has 1 aliphatic heterocycles. The van der Waals surface area contributed by atoms with E-state index in [1.165, 1.54) is 11.9 Å². The maximum absolute atomic E-state index is 13.4. The molecule has 1 saturated heterocycles. The maximum Gasteiger partial charge on any atom is 0.343 e. The lowest BCUT2D eigenvalue weighted by Gasteiger charge is -2.32. The highest BCUT2D eigenvalue weighted by atomic mass is 16.4. The fourth-order valence-corrected chi connectivity index (χ4v) is 5.98. The third-order valence-corrected chi connectivity index (χ3v) is 8.28. The van der Waals surface area contributed by atoms with Gasteiger partial charge in [-0.1, -0.05) is 36.4 Å². The van der Waals surface area contributed by atoms with Crippen molar-refractivity contribution < 1.29 is 4.42 Å². The number of hydrogen-bond donors (Lipinski definition) is 1. The number of piperazine rings is 1. The minimum atomic E-state index is -0.504.